The number of thiocarbonyl (C=S) groups is 1. The van der Waals surface area contributed by atoms with Gasteiger partial charge in [0.05, 0.1) is 11.0 Å². The molecule has 4 rings (SSSR count). The van der Waals surface area contributed by atoms with Gasteiger partial charge in [0.15, 0.2) is 5.11 Å². The highest BCUT2D eigenvalue weighted by molar-refractivity contribution is 7.80. The Labute approximate surface area is 157 Å². The number of anilines is 1. The van der Waals surface area contributed by atoms with Gasteiger partial charge in [-0.15, -0.1) is 0 Å². The van der Waals surface area contributed by atoms with E-state index in [0.29, 0.717) is 5.92 Å². The molecule has 1 saturated heterocycles. The number of imidazole rings is 1. The monoisotopic (exact) mass is 370 g/mol. The SMILES string of the molecule is S=C(Nc1ccc(Cl)cc1)N1CCC[C@H](c2nc3ccccc3[nH]2)C1. The average Bonchev–Trinajstić information content (AvgIpc) is 3.08. The second-order valence-corrected chi connectivity index (χ2v) is 7.18. The Morgan fingerprint density at radius 2 is 2.00 bits per heavy atom. The molecule has 0 bridgehead atoms. The van der Waals surface area contributed by atoms with Gasteiger partial charge in [-0.25, -0.2) is 4.98 Å². The summed E-state index contributed by atoms with van der Waals surface area (Å²) in [5, 5.41) is 4.78. The van der Waals surface area contributed by atoms with Crippen molar-refractivity contribution in [1.29, 1.82) is 0 Å². The number of likely N-dealkylation sites (tertiary alicyclic amines) is 1. The number of halogens is 1. The van der Waals surface area contributed by atoms with Crippen molar-refractivity contribution in [2.45, 2.75) is 18.8 Å². The van der Waals surface area contributed by atoms with Crippen LogP contribution in [0.3, 0.4) is 0 Å². The summed E-state index contributed by atoms with van der Waals surface area (Å²) in [6.07, 6.45) is 2.23. The molecule has 2 N–H and O–H groups in total. The van der Waals surface area contributed by atoms with E-state index in [-0.39, 0.29) is 0 Å². The molecule has 0 aliphatic carbocycles. The van der Waals surface area contributed by atoms with Gasteiger partial charge in [0, 0.05) is 29.7 Å². The van der Waals surface area contributed by atoms with Crippen LogP contribution in [0.15, 0.2) is 48.5 Å². The van der Waals surface area contributed by atoms with Crippen LogP contribution >= 0.6 is 23.8 Å². The van der Waals surface area contributed by atoms with Crippen LogP contribution in [0, 0.1) is 0 Å². The number of aromatic nitrogens is 2. The highest BCUT2D eigenvalue weighted by atomic mass is 35.5. The average molecular weight is 371 g/mol. The predicted octanol–water partition coefficient (Wildman–Crippen LogP) is 4.79. The molecular weight excluding hydrogens is 352 g/mol. The first-order valence-electron chi connectivity index (χ1n) is 8.45. The second-order valence-electron chi connectivity index (χ2n) is 6.36. The van der Waals surface area contributed by atoms with E-state index < -0.39 is 0 Å². The highest BCUT2D eigenvalue weighted by Crippen LogP contribution is 2.27. The van der Waals surface area contributed by atoms with Gasteiger partial charge in [0.2, 0.25) is 0 Å². The fourth-order valence-corrected chi connectivity index (χ4v) is 3.70. The number of hydrogen-bond acceptors (Lipinski definition) is 2. The van der Waals surface area contributed by atoms with E-state index in [9.17, 15) is 0 Å². The smallest absolute Gasteiger partial charge is 0.173 e. The molecule has 6 heteroatoms. The first-order valence-corrected chi connectivity index (χ1v) is 9.24. The van der Waals surface area contributed by atoms with E-state index in [1.54, 1.807) is 0 Å². The van der Waals surface area contributed by atoms with E-state index in [2.05, 4.69) is 21.3 Å². The van der Waals surface area contributed by atoms with Crippen LogP contribution in [0.5, 0.6) is 0 Å². The van der Waals surface area contributed by atoms with Crippen LogP contribution in [0.2, 0.25) is 5.02 Å². The minimum absolute atomic E-state index is 0.367. The van der Waals surface area contributed by atoms with E-state index >= 15 is 0 Å². The number of piperidine rings is 1. The molecule has 128 valence electrons. The van der Waals surface area contributed by atoms with Crippen molar-refractivity contribution in [2.24, 2.45) is 0 Å². The van der Waals surface area contributed by atoms with Crippen molar-refractivity contribution in [1.82, 2.24) is 14.9 Å². The van der Waals surface area contributed by atoms with Gasteiger partial charge in [-0.2, -0.15) is 0 Å². The summed E-state index contributed by atoms with van der Waals surface area (Å²) >= 11 is 11.5. The minimum atomic E-state index is 0.367. The van der Waals surface area contributed by atoms with Crippen molar-refractivity contribution in [3.05, 3.63) is 59.4 Å². The first-order chi connectivity index (χ1) is 12.2. The minimum Gasteiger partial charge on any atom is -0.348 e. The van der Waals surface area contributed by atoms with Crippen molar-refractivity contribution in [3.8, 4) is 0 Å². The molecule has 2 heterocycles. The van der Waals surface area contributed by atoms with Crippen LogP contribution in [0.4, 0.5) is 5.69 Å². The number of hydrogen-bond donors (Lipinski definition) is 2. The molecule has 1 atom stereocenters. The lowest BCUT2D eigenvalue weighted by Gasteiger charge is -2.33. The van der Waals surface area contributed by atoms with Crippen molar-refractivity contribution >= 4 is 45.7 Å². The topological polar surface area (TPSA) is 44.0 Å². The fraction of sp³-hybridized carbons (Fsp3) is 0.263. The van der Waals surface area contributed by atoms with Crippen LogP contribution in [0.1, 0.15) is 24.6 Å². The number of aromatic amines is 1. The Bertz CT molecular complexity index is 857. The summed E-state index contributed by atoms with van der Waals surface area (Å²) in [6, 6.07) is 15.8. The largest absolute Gasteiger partial charge is 0.348 e. The molecule has 4 nitrogen and oxygen atoms in total. The van der Waals surface area contributed by atoms with Gasteiger partial charge in [-0.1, -0.05) is 23.7 Å². The van der Waals surface area contributed by atoms with Crippen molar-refractivity contribution < 1.29 is 0 Å². The van der Waals surface area contributed by atoms with Crippen molar-refractivity contribution in [3.63, 3.8) is 0 Å². The molecule has 2 aromatic carbocycles. The number of nitrogens with one attached hydrogen (secondary N) is 2. The zero-order valence-corrected chi connectivity index (χ0v) is 15.3. The van der Waals surface area contributed by atoms with Gasteiger partial charge in [0.1, 0.15) is 5.82 Å². The number of benzene rings is 2. The maximum absolute atomic E-state index is 5.94. The normalized spacial score (nSPS) is 17.6. The maximum Gasteiger partial charge on any atom is 0.173 e. The Morgan fingerprint density at radius 3 is 2.80 bits per heavy atom. The quantitative estimate of drug-likeness (QED) is 0.636. The molecule has 1 fully saturated rings. The van der Waals surface area contributed by atoms with Gasteiger partial charge in [-0.05, 0) is 61.5 Å². The van der Waals surface area contributed by atoms with Crippen LogP contribution in [-0.2, 0) is 0 Å². The molecule has 3 aromatic rings. The lowest BCUT2D eigenvalue weighted by Crippen LogP contribution is -2.41. The molecule has 0 amide bonds. The molecule has 0 spiro atoms. The molecule has 1 aromatic heterocycles. The molecular formula is C19H19ClN4S. The van der Waals surface area contributed by atoms with Gasteiger partial charge < -0.3 is 15.2 Å². The number of para-hydroxylation sites is 2. The summed E-state index contributed by atoms with van der Waals surface area (Å²) in [6.45, 7) is 1.84. The first kappa shape index (κ1) is 16.4. The highest BCUT2D eigenvalue weighted by Gasteiger charge is 2.25. The summed E-state index contributed by atoms with van der Waals surface area (Å²) < 4.78 is 0. The van der Waals surface area contributed by atoms with Crippen LogP contribution in [-0.4, -0.2) is 33.1 Å². The standard InChI is InChI=1S/C19H19ClN4S/c20-14-7-9-15(10-8-14)21-19(25)24-11-3-4-13(12-24)18-22-16-5-1-2-6-17(16)23-18/h1-2,5-10,13H,3-4,11-12H2,(H,21,25)(H,22,23)/t13-/m0/s1. The third-order valence-electron chi connectivity index (χ3n) is 4.60. The zero-order valence-electron chi connectivity index (χ0n) is 13.7. The molecule has 1 aliphatic rings. The molecule has 0 saturated carbocycles. The number of fused-ring (bicyclic) bond motifs is 1. The van der Waals surface area contributed by atoms with Gasteiger partial charge in [-0.3, -0.25) is 0 Å². The Morgan fingerprint density at radius 1 is 1.20 bits per heavy atom. The summed E-state index contributed by atoms with van der Waals surface area (Å²) in [4.78, 5) is 10.5. The van der Waals surface area contributed by atoms with Gasteiger partial charge in [0.25, 0.3) is 0 Å². The number of rotatable bonds is 2. The summed E-state index contributed by atoms with van der Waals surface area (Å²) in [5.74, 6) is 1.42. The van der Waals surface area contributed by atoms with Crippen LogP contribution in [0.25, 0.3) is 11.0 Å². The number of H-pyrrole nitrogens is 1. The van der Waals surface area contributed by atoms with Gasteiger partial charge >= 0.3 is 0 Å². The third-order valence-corrected chi connectivity index (χ3v) is 5.21. The third kappa shape index (κ3) is 3.62. The maximum atomic E-state index is 5.94. The number of nitrogens with zero attached hydrogens (tertiary/aromatic N) is 2. The van der Waals surface area contributed by atoms with E-state index in [1.807, 2.05) is 42.5 Å². The fourth-order valence-electron chi connectivity index (χ4n) is 3.29. The predicted molar refractivity (Wildman–Crippen MR) is 107 cm³/mol. The lowest BCUT2D eigenvalue weighted by atomic mass is 9.98. The molecule has 0 unspecified atom stereocenters. The summed E-state index contributed by atoms with van der Waals surface area (Å²) in [5.41, 5.74) is 3.08. The van der Waals surface area contributed by atoms with Crippen molar-refractivity contribution in [2.75, 3.05) is 18.4 Å². The van der Waals surface area contributed by atoms with Crippen LogP contribution < -0.4 is 5.32 Å². The molecule has 1 aliphatic heterocycles. The Balaban J connectivity index is 1.46. The summed E-state index contributed by atoms with van der Waals surface area (Å²) in [7, 11) is 0. The van der Waals surface area contributed by atoms with E-state index in [1.165, 1.54) is 0 Å². The Hall–Kier alpha value is -2.11. The molecule has 25 heavy (non-hydrogen) atoms. The van der Waals surface area contributed by atoms with E-state index in [4.69, 9.17) is 28.8 Å². The second kappa shape index (κ2) is 7.02. The Kier molecular flexibility index (Phi) is 4.59. The molecule has 0 radical (unpaired) electrons. The zero-order chi connectivity index (χ0) is 17.2. The van der Waals surface area contributed by atoms with E-state index in [0.717, 1.165) is 58.6 Å². The lowest BCUT2D eigenvalue weighted by molar-refractivity contribution is 0.307.